The highest BCUT2D eigenvalue weighted by molar-refractivity contribution is 6.30. The molecule has 4 aliphatic rings. The summed E-state index contributed by atoms with van der Waals surface area (Å²) in [4.78, 5) is 74.7. The fourth-order valence-corrected chi connectivity index (χ4v) is 6.67. The fourth-order valence-electron chi connectivity index (χ4n) is 6.49. The standard InChI is InChI=1S/C21H21N7O2.C19H20ClN5O4/c1-12-3-2-4-16(24-12)11-22-17-9-18(25-15-5-6-15)28-20(26-17)14(10-23-28)7-13-8-19(29)27-21(13)30;1-19(2,3)29-18(28)24(12-4-5-12)15-8-13(20)22-16-11(9-21-25(15)16)6-10-7-14(26)23-17(10)27/h2-4,7,9-10,15,25H,5-6,8,11H2,1H3,(H,22,26)(H,27,29,30);6,8-9,12H,4-5,7H2,1-3H3,(H,23,26,27)/b13-7+;10-6+. The van der Waals surface area contributed by atoms with Crippen LogP contribution in [-0.4, -0.2) is 81.6 Å². The second-order valence-corrected chi connectivity index (χ2v) is 16.1. The van der Waals surface area contributed by atoms with Crippen molar-refractivity contribution in [2.24, 2.45) is 0 Å². The van der Waals surface area contributed by atoms with Gasteiger partial charge in [0.25, 0.3) is 11.8 Å². The highest BCUT2D eigenvalue weighted by Gasteiger charge is 2.38. The number of aryl methyl sites for hydroxylation is 1. The van der Waals surface area contributed by atoms with Crippen LogP contribution in [0.5, 0.6) is 0 Å². The minimum absolute atomic E-state index is 0.00393. The Balaban J connectivity index is 0.000000164. The van der Waals surface area contributed by atoms with Crippen molar-refractivity contribution in [3.8, 4) is 0 Å². The van der Waals surface area contributed by atoms with E-state index in [1.807, 2.05) is 31.2 Å². The molecule has 0 radical (unpaired) electrons. The summed E-state index contributed by atoms with van der Waals surface area (Å²) in [7, 11) is 0. The molecule has 19 heteroatoms. The van der Waals surface area contributed by atoms with E-state index in [-0.39, 0.29) is 41.8 Å². The SMILES string of the molecule is CC(C)(C)OC(=O)N(c1cc(Cl)nc2c(/C=C3\CC(=O)NC3=O)cnn12)C1CC1.Cc1cccc(CNc2cc(NC3CC3)n3ncc(/C=C4\CC(=O)NC4=O)c3n2)n1. The van der Waals surface area contributed by atoms with E-state index in [0.717, 1.165) is 42.9 Å². The van der Waals surface area contributed by atoms with Crippen LogP contribution in [0, 0.1) is 6.92 Å². The third-order valence-corrected chi connectivity index (χ3v) is 9.67. The Bertz CT molecular complexity index is 2620. The lowest BCUT2D eigenvalue weighted by Crippen LogP contribution is -2.39. The number of aromatic nitrogens is 7. The molecule has 304 valence electrons. The predicted molar refractivity (Wildman–Crippen MR) is 217 cm³/mol. The Morgan fingerprint density at radius 1 is 0.898 bits per heavy atom. The maximum Gasteiger partial charge on any atom is 0.416 e. The maximum atomic E-state index is 12.9. The molecule has 18 nitrogen and oxygen atoms in total. The van der Waals surface area contributed by atoms with Gasteiger partial charge in [0.2, 0.25) is 11.8 Å². The number of pyridine rings is 1. The molecule has 2 saturated carbocycles. The van der Waals surface area contributed by atoms with Crippen LogP contribution >= 0.6 is 11.6 Å². The smallest absolute Gasteiger partial charge is 0.416 e. The first-order valence-electron chi connectivity index (χ1n) is 19.1. The molecule has 0 spiro atoms. The minimum Gasteiger partial charge on any atom is -0.443 e. The first kappa shape index (κ1) is 39.2. The second-order valence-electron chi connectivity index (χ2n) is 15.7. The summed E-state index contributed by atoms with van der Waals surface area (Å²) < 4.78 is 8.79. The molecule has 9 rings (SSSR count). The topological polar surface area (TPSA) is 219 Å². The van der Waals surface area contributed by atoms with E-state index in [4.69, 9.17) is 21.3 Å². The molecular formula is C40H41ClN12O6. The molecule has 0 atom stereocenters. The van der Waals surface area contributed by atoms with Gasteiger partial charge >= 0.3 is 6.09 Å². The van der Waals surface area contributed by atoms with Gasteiger partial charge in [-0.1, -0.05) is 17.7 Å². The van der Waals surface area contributed by atoms with Gasteiger partial charge in [0.1, 0.15) is 28.2 Å². The van der Waals surface area contributed by atoms with Crippen molar-refractivity contribution in [2.75, 3.05) is 15.5 Å². The Morgan fingerprint density at radius 3 is 2.08 bits per heavy atom. The summed E-state index contributed by atoms with van der Waals surface area (Å²) in [6, 6.07) is 9.82. The van der Waals surface area contributed by atoms with Crippen molar-refractivity contribution in [3.05, 3.63) is 81.5 Å². The van der Waals surface area contributed by atoms with Crippen molar-refractivity contribution in [1.82, 2.24) is 44.8 Å². The zero-order valence-electron chi connectivity index (χ0n) is 32.7. The van der Waals surface area contributed by atoms with Gasteiger partial charge in [0.05, 0.1) is 37.5 Å². The molecule has 4 fully saturated rings. The van der Waals surface area contributed by atoms with Gasteiger partial charge in [-0.25, -0.2) is 14.8 Å². The number of amides is 5. The fraction of sp³-hybridized carbons (Fsp3) is 0.350. The van der Waals surface area contributed by atoms with Crippen molar-refractivity contribution in [3.63, 3.8) is 0 Å². The van der Waals surface area contributed by atoms with E-state index in [9.17, 15) is 24.0 Å². The molecular weight excluding hydrogens is 780 g/mol. The van der Waals surface area contributed by atoms with Crippen LogP contribution < -0.4 is 26.2 Å². The molecule has 0 bridgehead atoms. The molecule has 2 aliphatic heterocycles. The van der Waals surface area contributed by atoms with E-state index in [1.54, 1.807) is 54.6 Å². The van der Waals surface area contributed by atoms with Crippen LogP contribution in [0.3, 0.4) is 0 Å². The number of fused-ring (bicyclic) bond motifs is 2. The van der Waals surface area contributed by atoms with Crippen molar-refractivity contribution in [1.29, 1.82) is 0 Å². The molecule has 2 saturated heterocycles. The first-order valence-corrected chi connectivity index (χ1v) is 19.5. The molecule has 7 heterocycles. The number of hydrogen-bond acceptors (Lipinski definition) is 13. The summed E-state index contributed by atoms with van der Waals surface area (Å²) in [5.41, 5.74) is 4.16. The molecule has 0 aromatic carbocycles. The minimum atomic E-state index is -0.651. The predicted octanol–water partition coefficient (Wildman–Crippen LogP) is 4.77. The number of ether oxygens (including phenoxy) is 1. The maximum absolute atomic E-state index is 12.9. The van der Waals surface area contributed by atoms with Crippen LogP contribution in [0.4, 0.5) is 22.2 Å². The van der Waals surface area contributed by atoms with Crippen LogP contribution in [0.1, 0.15) is 81.8 Å². The zero-order valence-corrected chi connectivity index (χ0v) is 33.5. The normalized spacial score (nSPS) is 18.0. The molecule has 59 heavy (non-hydrogen) atoms. The number of halogens is 1. The summed E-state index contributed by atoms with van der Waals surface area (Å²) in [5, 5.41) is 20.3. The highest BCUT2D eigenvalue weighted by Crippen LogP contribution is 2.35. The quantitative estimate of drug-likeness (QED) is 0.0897. The largest absolute Gasteiger partial charge is 0.443 e. The first-order chi connectivity index (χ1) is 28.2. The van der Waals surface area contributed by atoms with Gasteiger partial charge in [-0.15, -0.1) is 0 Å². The lowest BCUT2D eigenvalue weighted by atomic mass is 10.1. The average Bonchev–Trinajstić information content (AvgIpc) is 4.03. The third kappa shape index (κ3) is 9.07. The van der Waals surface area contributed by atoms with E-state index in [1.165, 1.54) is 10.7 Å². The van der Waals surface area contributed by atoms with Gasteiger partial charge in [0, 0.05) is 52.2 Å². The van der Waals surface area contributed by atoms with Gasteiger partial charge in [-0.3, -0.25) is 39.7 Å². The zero-order chi connectivity index (χ0) is 41.6. The van der Waals surface area contributed by atoms with E-state index < -0.39 is 17.6 Å². The number of imide groups is 2. The Hall–Kier alpha value is -6.69. The Morgan fingerprint density at radius 2 is 1.53 bits per heavy atom. The number of nitrogens with zero attached hydrogens (tertiary/aromatic N) is 8. The molecule has 5 aromatic rings. The monoisotopic (exact) mass is 820 g/mol. The summed E-state index contributed by atoms with van der Waals surface area (Å²) in [6.07, 6.45) is 9.95. The lowest BCUT2D eigenvalue weighted by molar-refractivity contribution is -0.125. The van der Waals surface area contributed by atoms with Crippen LogP contribution in [0.15, 0.2) is 53.9 Å². The Labute approximate surface area is 342 Å². The molecule has 2 aliphatic carbocycles. The third-order valence-electron chi connectivity index (χ3n) is 9.47. The van der Waals surface area contributed by atoms with Crippen LogP contribution in [0.25, 0.3) is 23.4 Å². The number of rotatable bonds is 9. The summed E-state index contributed by atoms with van der Waals surface area (Å²) >= 11 is 6.24. The average molecular weight is 821 g/mol. The summed E-state index contributed by atoms with van der Waals surface area (Å²) in [6.45, 7) is 7.91. The van der Waals surface area contributed by atoms with Crippen molar-refractivity contribution in [2.45, 2.75) is 90.4 Å². The van der Waals surface area contributed by atoms with E-state index >= 15 is 0 Å². The summed E-state index contributed by atoms with van der Waals surface area (Å²) in [5.74, 6) is 0.502. The molecule has 4 N–H and O–H groups in total. The molecule has 0 unspecified atom stereocenters. The van der Waals surface area contributed by atoms with Gasteiger partial charge < -0.3 is 15.4 Å². The number of nitrogens with one attached hydrogen (secondary N) is 4. The van der Waals surface area contributed by atoms with Crippen LogP contribution in [-0.2, 0) is 30.5 Å². The number of carbonyl (C=O) groups excluding carboxylic acids is 5. The van der Waals surface area contributed by atoms with E-state index in [2.05, 4.69) is 41.4 Å². The molecule has 5 amide bonds. The molecule has 5 aromatic heterocycles. The van der Waals surface area contributed by atoms with E-state index in [0.29, 0.717) is 57.8 Å². The highest BCUT2D eigenvalue weighted by atomic mass is 35.5. The second kappa shape index (κ2) is 15.6. The number of anilines is 3. The van der Waals surface area contributed by atoms with Crippen molar-refractivity contribution >= 4 is 82.2 Å². The van der Waals surface area contributed by atoms with Gasteiger partial charge in [-0.05, 0) is 77.7 Å². The Kier molecular flexibility index (Phi) is 10.3. The number of carbonyl (C=O) groups is 5. The van der Waals surface area contributed by atoms with Crippen LogP contribution in [0.2, 0.25) is 5.15 Å². The van der Waals surface area contributed by atoms with Gasteiger partial charge in [0.15, 0.2) is 11.3 Å². The van der Waals surface area contributed by atoms with Gasteiger partial charge in [-0.2, -0.15) is 19.2 Å². The number of hydrogen-bond donors (Lipinski definition) is 4. The lowest BCUT2D eigenvalue weighted by Gasteiger charge is -2.27. The van der Waals surface area contributed by atoms with Crippen molar-refractivity contribution < 1.29 is 28.7 Å².